The van der Waals surface area contributed by atoms with Crippen LogP contribution in [0.5, 0.6) is 0 Å². The molecule has 2 unspecified atom stereocenters. The summed E-state index contributed by atoms with van der Waals surface area (Å²) in [4.78, 5) is 12.0. The largest absolute Gasteiger partial charge is 0.371 e. The third kappa shape index (κ3) is 2.22. The number of amides is 1. The van der Waals surface area contributed by atoms with Gasteiger partial charge in [0.05, 0.1) is 0 Å². The van der Waals surface area contributed by atoms with Crippen LogP contribution < -0.4 is 11.1 Å². The molecule has 1 aliphatic rings. The van der Waals surface area contributed by atoms with Gasteiger partial charge in [0.1, 0.15) is 5.54 Å². The number of nitrogens with two attached hydrogens (primary N) is 1. The molecule has 0 radical (unpaired) electrons. The van der Waals surface area contributed by atoms with Gasteiger partial charge >= 0.3 is 0 Å². The Morgan fingerprint density at radius 1 is 1.33 bits per heavy atom. The van der Waals surface area contributed by atoms with Crippen molar-refractivity contribution >= 4 is 11.6 Å². The lowest BCUT2D eigenvalue weighted by Gasteiger charge is -2.33. The number of para-hydroxylation sites is 1. The molecule has 1 fully saturated rings. The van der Waals surface area contributed by atoms with E-state index in [-0.39, 0.29) is 17.2 Å². The normalized spacial score (nSPS) is 30.1. The lowest BCUT2D eigenvalue weighted by atomic mass is 9.85. The van der Waals surface area contributed by atoms with Crippen molar-refractivity contribution in [1.82, 2.24) is 0 Å². The lowest BCUT2D eigenvalue weighted by molar-refractivity contribution is -0.123. The summed E-state index contributed by atoms with van der Waals surface area (Å²) in [6.07, 6.45) is 1.79. The number of hydrogen-bond acceptors (Lipinski definition) is 2. The number of primary amides is 1. The molecule has 0 bridgehead atoms. The third-order valence-electron chi connectivity index (χ3n) is 4.04. The minimum absolute atomic E-state index is 0.149. The van der Waals surface area contributed by atoms with Gasteiger partial charge in [-0.3, -0.25) is 4.79 Å². The number of carbonyl (C=O) groups excluding carboxylic acids is 1. The summed E-state index contributed by atoms with van der Waals surface area (Å²) < 4.78 is 0. The van der Waals surface area contributed by atoms with E-state index in [0.717, 1.165) is 18.5 Å². The van der Waals surface area contributed by atoms with E-state index in [1.807, 2.05) is 30.3 Å². The molecule has 1 saturated carbocycles. The van der Waals surface area contributed by atoms with E-state index in [1.165, 1.54) is 0 Å². The summed E-state index contributed by atoms with van der Waals surface area (Å²) in [7, 11) is 0. The van der Waals surface area contributed by atoms with Crippen LogP contribution >= 0.6 is 0 Å². The fourth-order valence-corrected chi connectivity index (χ4v) is 3.34. The zero-order valence-corrected chi connectivity index (χ0v) is 11.4. The summed E-state index contributed by atoms with van der Waals surface area (Å²) >= 11 is 0. The van der Waals surface area contributed by atoms with Crippen LogP contribution in [0.3, 0.4) is 0 Å². The molecule has 3 nitrogen and oxygen atoms in total. The Morgan fingerprint density at radius 2 is 1.94 bits per heavy atom. The second kappa shape index (κ2) is 4.30. The zero-order chi connectivity index (χ0) is 13.4. The molecule has 1 aromatic carbocycles. The van der Waals surface area contributed by atoms with Crippen molar-refractivity contribution in [3.63, 3.8) is 0 Å². The van der Waals surface area contributed by atoms with Gasteiger partial charge in [-0.25, -0.2) is 0 Å². The first kappa shape index (κ1) is 12.9. The van der Waals surface area contributed by atoms with E-state index in [1.54, 1.807) is 0 Å². The van der Waals surface area contributed by atoms with Crippen LogP contribution in [-0.4, -0.2) is 11.4 Å². The third-order valence-corrected chi connectivity index (χ3v) is 4.04. The Kier molecular flexibility index (Phi) is 3.09. The highest BCUT2D eigenvalue weighted by Gasteiger charge is 2.52. The topological polar surface area (TPSA) is 55.1 Å². The number of rotatable bonds is 3. The fraction of sp³-hybridized carbons (Fsp3) is 0.533. The Bertz CT molecular complexity index is 441. The van der Waals surface area contributed by atoms with Gasteiger partial charge in [-0.1, -0.05) is 39.0 Å². The van der Waals surface area contributed by atoms with E-state index in [9.17, 15) is 4.79 Å². The van der Waals surface area contributed by atoms with Crippen LogP contribution in [0.1, 0.15) is 33.6 Å². The highest BCUT2D eigenvalue weighted by Crippen LogP contribution is 2.48. The highest BCUT2D eigenvalue weighted by atomic mass is 16.1. The number of hydrogen-bond donors (Lipinski definition) is 2. The van der Waals surface area contributed by atoms with Crippen molar-refractivity contribution in [2.24, 2.45) is 17.1 Å². The lowest BCUT2D eigenvalue weighted by Crippen LogP contribution is -2.52. The van der Waals surface area contributed by atoms with Crippen LogP contribution in [0.4, 0.5) is 5.69 Å². The first-order valence-corrected chi connectivity index (χ1v) is 6.49. The number of anilines is 1. The standard InChI is InChI=1S/C15H22N2O/c1-11-9-14(2,3)10-15(11,13(16)18)17-12-7-5-4-6-8-12/h4-8,11,17H,9-10H2,1-3H3,(H2,16,18). The molecule has 18 heavy (non-hydrogen) atoms. The van der Waals surface area contributed by atoms with Crippen LogP contribution in [0.25, 0.3) is 0 Å². The van der Waals surface area contributed by atoms with Crippen LogP contribution in [0.15, 0.2) is 30.3 Å². The Hall–Kier alpha value is -1.51. The molecule has 1 aliphatic carbocycles. The van der Waals surface area contributed by atoms with E-state index in [0.29, 0.717) is 0 Å². The number of nitrogens with one attached hydrogen (secondary N) is 1. The summed E-state index contributed by atoms with van der Waals surface area (Å²) in [6.45, 7) is 6.50. The molecule has 2 rings (SSSR count). The average molecular weight is 246 g/mol. The van der Waals surface area contributed by atoms with Crippen molar-refractivity contribution in [2.75, 3.05) is 5.32 Å². The van der Waals surface area contributed by atoms with Crippen molar-refractivity contribution in [1.29, 1.82) is 0 Å². The molecule has 98 valence electrons. The second-order valence-electron chi connectivity index (χ2n) is 6.27. The average Bonchev–Trinajstić information content (AvgIpc) is 2.51. The highest BCUT2D eigenvalue weighted by molar-refractivity contribution is 5.89. The van der Waals surface area contributed by atoms with Crippen LogP contribution in [-0.2, 0) is 4.79 Å². The van der Waals surface area contributed by atoms with Crippen molar-refractivity contribution in [2.45, 2.75) is 39.2 Å². The van der Waals surface area contributed by atoms with Gasteiger partial charge < -0.3 is 11.1 Å². The van der Waals surface area contributed by atoms with Crippen LogP contribution in [0.2, 0.25) is 0 Å². The van der Waals surface area contributed by atoms with E-state index in [4.69, 9.17) is 5.73 Å². The van der Waals surface area contributed by atoms with Gasteiger partial charge in [0.2, 0.25) is 5.91 Å². The predicted octanol–water partition coefficient (Wildman–Crippen LogP) is 2.78. The number of carbonyl (C=O) groups is 1. The maximum absolute atomic E-state index is 12.0. The van der Waals surface area contributed by atoms with Gasteiger partial charge in [0, 0.05) is 5.69 Å². The Morgan fingerprint density at radius 3 is 2.39 bits per heavy atom. The van der Waals surface area contributed by atoms with Gasteiger partial charge in [-0.15, -0.1) is 0 Å². The van der Waals surface area contributed by atoms with Crippen molar-refractivity contribution in [3.05, 3.63) is 30.3 Å². The van der Waals surface area contributed by atoms with E-state index in [2.05, 4.69) is 26.1 Å². The zero-order valence-electron chi connectivity index (χ0n) is 11.4. The molecule has 0 spiro atoms. The molecule has 1 aromatic rings. The predicted molar refractivity (Wildman–Crippen MR) is 74.2 cm³/mol. The monoisotopic (exact) mass is 246 g/mol. The minimum Gasteiger partial charge on any atom is -0.371 e. The molecule has 0 aliphatic heterocycles. The molecule has 3 heteroatoms. The minimum atomic E-state index is -0.620. The fourth-order valence-electron chi connectivity index (χ4n) is 3.34. The maximum atomic E-state index is 12.0. The van der Waals surface area contributed by atoms with Gasteiger partial charge in [0.15, 0.2) is 0 Å². The molecular formula is C15H22N2O. The van der Waals surface area contributed by atoms with Gasteiger partial charge in [0.25, 0.3) is 0 Å². The summed E-state index contributed by atoms with van der Waals surface area (Å²) in [5.41, 5.74) is 6.18. The first-order chi connectivity index (χ1) is 8.36. The van der Waals surface area contributed by atoms with Crippen molar-refractivity contribution < 1.29 is 4.79 Å². The second-order valence-corrected chi connectivity index (χ2v) is 6.27. The smallest absolute Gasteiger partial charge is 0.243 e. The summed E-state index contributed by atoms with van der Waals surface area (Å²) in [6, 6.07) is 9.83. The summed E-state index contributed by atoms with van der Waals surface area (Å²) in [5, 5.41) is 3.38. The SMILES string of the molecule is CC1CC(C)(C)CC1(Nc1ccccc1)C(N)=O. The van der Waals surface area contributed by atoms with Crippen molar-refractivity contribution in [3.8, 4) is 0 Å². The number of benzene rings is 1. The van der Waals surface area contributed by atoms with Gasteiger partial charge in [-0.05, 0) is 36.3 Å². The molecule has 2 atom stereocenters. The molecular weight excluding hydrogens is 224 g/mol. The maximum Gasteiger partial charge on any atom is 0.243 e. The first-order valence-electron chi connectivity index (χ1n) is 6.49. The summed E-state index contributed by atoms with van der Waals surface area (Å²) in [5.74, 6) is -0.00497. The quantitative estimate of drug-likeness (QED) is 0.861. The molecule has 0 aromatic heterocycles. The van der Waals surface area contributed by atoms with Gasteiger partial charge in [-0.2, -0.15) is 0 Å². The van der Waals surface area contributed by atoms with E-state index >= 15 is 0 Å². The molecule has 0 saturated heterocycles. The Balaban J connectivity index is 2.32. The molecule has 1 amide bonds. The molecule has 3 N–H and O–H groups in total. The van der Waals surface area contributed by atoms with Crippen LogP contribution in [0, 0.1) is 11.3 Å². The molecule has 0 heterocycles. The Labute approximate surface area is 109 Å². The van der Waals surface area contributed by atoms with E-state index < -0.39 is 5.54 Å².